The van der Waals surface area contributed by atoms with Crippen molar-refractivity contribution in [1.29, 1.82) is 0 Å². The second-order valence-electron chi connectivity index (χ2n) is 10.4. The molecule has 2 bridgehead atoms. The van der Waals surface area contributed by atoms with Crippen molar-refractivity contribution in [2.45, 2.75) is 57.7 Å². The Morgan fingerprint density at radius 3 is 2.73 bits per heavy atom. The van der Waals surface area contributed by atoms with Gasteiger partial charge in [-0.15, -0.1) is 0 Å². The molecule has 6 nitrogen and oxygen atoms in total. The Morgan fingerprint density at radius 2 is 2.10 bits per heavy atom. The largest absolute Gasteiger partial charge is 0.469 e. The van der Waals surface area contributed by atoms with E-state index in [4.69, 9.17) is 14.2 Å². The normalized spacial score (nSPS) is 45.6. The lowest BCUT2D eigenvalue weighted by Gasteiger charge is -2.62. The molecule has 0 N–H and O–H groups in total. The first kappa shape index (κ1) is 20.7. The zero-order chi connectivity index (χ0) is 21.3. The highest BCUT2D eigenvalue weighted by atomic mass is 16.7. The number of hydrogen-bond donors (Lipinski definition) is 0. The molecule has 3 fully saturated rings. The third-order valence-corrected chi connectivity index (χ3v) is 9.52. The van der Waals surface area contributed by atoms with Gasteiger partial charge in [0, 0.05) is 49.8 Å². The zero-order valence-corrected chi connectivity index (χ0v) is 18.8. The van der Waals surface area contributed by atoms with Crippen LogP contribution in [0.4, 0.5) is 0 Å². The number of allylic oxidation sites excluding steroid dienone is 1. The summed E-state index contributed by atoms with van der Waals surface area (Å²) in [5.41, 5.74) is 2.13. The summed E-state index contributed by atoms with van der Waals surface area (Å²) < 4.78 is 17.6. The number of carbonyl (C=O) groups excluding carboxylic acids is 2. The molecule has 6 heteroatoms. The number of ketones is 1. The van der Waals surface area contributed by atoms with Crippen LogP contribution in [0.1, 0.15) is 51.9 Å². The molecule has 1 saturated carbocycles. The number of piperidine rings is 1. The number of rotatable bonds is 3. The Balaban J connectivity index is 1.65. The molecular weight excluding hydrogens is 382 g/mol. The maximum atomic E-state index is 13.1. The minimum atomic E-state index is -0.503. The van der Waals surface area contributed by atoms with Gasteiger partial charge in [0.05, 0.1) is 19.6 Å². The Labute approximate surface area is 179 Å². The van der Waals surface area contributed by atoms with E-state index in [1.54, 1.807) is 7.11 Å². The van der Waals surface area contributed by atoms with Crippen LogP contribution in [-0.4, -0.2) is 63.4 Å². The Bertz CT molecular complexity index is 789. The van der Waals surface area contributed by atoms with Crippen molar-refractivity contribution in [3.05, 3.63) is 11.1 Å². The zero-order valence-electron chi connectivity index (χ0n) is 18.8. The SMILES string of the molecule is CC[C@]1(OC)CC[C@@]2(CO1)[C@H]1CCC3=C4[C@H](CC3=O)[C@H](C(=O)OC)C[C@]42CN(C)C1. The molecule has 0 amide bonds. The van der Waals surface area contributed by atoms with Gasteiger partial charge >= 0.3 is 5.97 Å². The molecule has 2 heterocycles. The van der Waals surface area contributed by atoms with Gasteiger partial charge in [0.2, 0.25) is 0 Å². The van der Waals surface area contributed by atoms with E-state index in [0.717, 1.165) is 57.2 Å². The minimum Gasteiger partial charge on any atom is -0.469 e. The maximum absolute atomic E-state index is 13.1. The number of carbonyl (C=O) groups is 2. The number of methoxy groups -OCH3 is 2. The fraction of sp³-hybridized carbons (Fsp3) is 0.833. The topological polar surface area (TPSA) is 65.1 Å². The third-order valence-electron chi connectivity index (χ3n) is 9.52. The summed E-state index contributed by atoms with van der Waals surface area (Å²) >= 11 is 0. The van der Waals surface area contributed by atoms with E-state index in [-0.39, 0.29) is 34.4 Å². The molecule has 30 heavy (non-hydrogen) atoms. The lowest BCUT2D eigenvalue weighted by atomic mass is 9.50. The first-order valence-electron chi connectivity index (χ1n) is 11.6. The van der Waals surface area contributed by atoms with Gasteiger partial charge in [-0.25, -0.2) is 0 Å². The molecule has 3 aliphatic carbocycles. The van der Waals surface area contributed by atoms with Crippen molar-refractivity contribution < 1.29 is 23.8 Å². The van der Waals surface area contributed by atoms with E-state index in [1.807, 2.05) is 0 Å². The summed E-state index contributed by atoms with van der Waals surface area (Å²) in [5.74, 6) is -0.128. The Morgan fingerprint density at radius 1 is 1.30 bits per heavy atom. The number of esters is 1. The highest BCUT2D eigenvalue weighted by Gasteiger charge is 2.70. The molecule has 5 rings (SSSR count). The molecule has 0 aromatic heterocycles. The Kier molecular flexibility index (Phi) is 4.73. The number of nitrogens with zero attached hydrogens (tertiary/aromatic N) is 1. The second-order valence-corrected chi connectivity index (χ2v) is 10.4. The predicted molar refractivity (Wildman–Crippen MR) is 111 cm³/mol. The molecular formula is C24H35NO5. The van der Waals surface area contributed by atoms with Crippen LogP contribution in [0.15, 0.2) is 11.1 Å². The smallest absolute Gasteiger partial charge is 0.309 e. The Hall–Kier alpha value is -1.24. The van der Waals surface area contributed by atoms with Crippen molar-refractivity contribution in [2.24, 2.45) is 28.6 Å². The number of hydrogen-bond acceptors (Lipinski definition) is 6. The summed E-state index contributed by atoms with van der Waals surface area (Å²) in [6.07, 6.45) is 5.87. The van der Waals surface area contributed by atoms with E-state index >= 15 is 0 Å². The van der Waals surface area contributed by atoms with Crippen LogP contribution in [0.25, 0.3) is 0 Å². The summed E-state index contributed by atoms with van der Waals surface area (Å²) in [4.78, 5) is 28.3. The van der Waals surface area contributed by atoms with E-state index in [1.165, 1.54) is 12.7 Å². The fourth-order valence-electron chi connectivity index (χ4n) is 8.12. The second kappa shape index (κ2) is 6.88. The van der Waals surface area contributed by atoms with Gasteiger partial charge in [-0.1, -0.05) is 12.5 Å². The molecule has 0 unspecified atom stereocenters. The summed E-state index contributed by atoms with van der Waals surface area (Å²) in [6, 6.07) is 0. The van der Waals surface area contributed by atoms with Gasteiger partial charge in [-0.05, 0) is 50.6 Å². The first-order valence-corrected chi connectivity index (χ1v) is 11.6. The van der Waals surface area contributed by atoms with Crippen molar-refractivity contribution >= 4 is 11.8 Å². The van der Waals surface area contributed by atoms with Crippen LogP contribution in [-0.2, 0) is 23.8 Å². The number of likely N-dealkylation sites (tertiary alicyclic amines) is 1. The van der Waals surface area contributed by atoms with Gasteiger partial charge < -0.3 is 19.1 Å². The molecule has 2 saturated heterocycles. The van der Waals surface area contributed by atoms with E-state index < -0.39 is 5.79 Å². The van der Waals surface area contributed by atoms with Gasteiger partial charge in [0.25, 0.3) is 0 Å². The maximum Gasteiger partial charge on any atom is 0.309 e. The van der Waals surface area contributed by atoms with Crippen molar-refractivity contribution in [3.63, 3.8) is 0 Å². The molecule has 0 radical (unpaired) electrons. The van der Waals surface area contributed by atoms with E-state index in [9.17, 15) is 9.59 Å². The van der Waals surface area contributed by atoms with Crippen LogP contribution in [0, 0.1) is 28.6 Å². The van der Waals surface area contributed by atoms with Crippen molar-refractivity contribution in [1.82, 2.24) is 4.90 Å². The fourth-order valence-corrected chi connectivity index (χ4v) is 8.12. The first-order chi connectivity index (χ1) is 14.4. The lowest BCUT2D eigenvalue weighted by molar-refractivity contribution is -0.294. The standard InChI is InChI=1S/C24H35NO5/c1-5-24(29-4)9-8-22(14-30-24)15-6-7-16-19(26)10-17-18(21(27)28-3)11-23(22,20(16)17)13-25(2)12-15/h15,17-18H,5-14H2,1-4H3/t15-,17+,18+,22+,23-,24+/m0/s1. The van der Waals surface area contributed by atoms with E-state index in [2.05, 4.69) is 18.9 Å². The summed E-state index contributed by atoms with van der Waals surface area (Å²) in [5, 5.41) is 0. The van der Waals surface area contributed by atoms with Gasteiger partial charge in [-0.2, -0.15) is 0 Å². The molecule has 2 aliphatic heterocycles. The number of Topliss-reactive ketones (excluding diaryl/α,β-unsaturated/α-hetero) is 1. The summed E-state index contributed by atoms with van der Waals surface area (Å²) in [6.45, 7) is 4.70. The van der Waals surface area contributed by atoms with Crippen LogP contribution in [0.2, 0.25) is 0 Å². The quantitative estimate of drug-likeness (QED) is 0.658. The van der Waals surface area contributed by atoms with Crippen molar-refractivity contribution in [2.75, 3.05) is 41.0 Å². The van der Waals surface area contributed by atoms with Gasteiger partial charge in [0.1, 0.15) is 0 Å². The molecule has 166 valence electrons. The predicted octanol–water partition coefficient (Wildman–Crippen LogP) is 2.96. The average Bonchev–Trinajstić information content (AvgIpc) is 3.23. The van der Waals surface area contributed by atoms with Crippen molar-refractivity contribution in [3.8, 4) is 0 Å². The minimum absolute atomic E-state index is 0.0161. The molecule has 6 atom stereocenters. The van der Waals surface area contributed by atoms with Crippen LogP contribution >= 0.6 is 0 Å². The molecule has 5 aliphatic rings. The third kappa shape index (κ3) is 2.47. The summed E-state index contributed by atoms with van der Waals surface area (Å²) in [7, 11) is 5.42. The van der Waals surface area contributed by atoms with Crippen LogP contribution in [0.3, 0.4) is 0 Å². The highest BCUT2D eigenvalue weighted by Crippen LogP contribution is 2.71. The molecule has 0 aromatic carbocycles. The molecule has 2 spiro atoms. The van der Waals surface area contributed by atoms with Crippen LogP contribution in [0.5, 0.6) is 0 Å². The van der Waals surface area contributed by atoms with E-state index in [0.29, 0.717) is 18.9 Å². The van der Waals surface area contributed by atoms with Crippen LogP contribution < -0.4 is 0 Å². The lowest BCUT2D eigenvalue weighted by Crippen LogP contribution is -2.64. The monoisotopic (exact) mass is 417 g/mol. The highest BCUT2D eigenvalue weighted by molar-refractivity contribution is 6.01. The average molecular weight is 418 g/mol. The molecule has 0 aromatic rings. The number of ether oxygens (including phenoxy) is 3. The van der Waals surface area contributed by atoms with Gasteiger partial charge in [0.15, 0.2) is 11.6 Å². The van der Waals surface area contributed by atoms with Gasteiger partial charge in [-0.3, -0.25) is 9.59 Å².